The third-order valence-corrected chi connectivity index (χ3v) is 8.53. The predicted molar refractivity (Wildman–Crippen MR) is 191 cm³/mol. The Morgan fingerprint density at radius 1 is 0.980 bits per heavy atom. The number of carbonyl (C=O) groups excluding carboxylic acids is 1. The number of ether oxygens (including phenoxy) is 4. The molecule has 1 N–H and O–H groups in total. The average Bonchev–Trinajstić information content (AvgIpc) is 3.57. The van der Waals surface area contributed by atoms with Gasteiger partial charge in [-0.05, 0) is 69.3 Å². The molecule has 11 heteroatoms. The zero-order valence-electron chi connectivity index (χ0n) is 28.8. The summed E-state index contributed by atoms with van der Waals surface area (Å²) in [7, 11) is 1.56. The van der Waals surface area contributed by atoms with Gasteiger partial charge < -0.3 is 24.3 Å². The van der Waals surface area contributed by atoms with E-state index in [1.165, 1.54) is 16.7 Å². The van der Waals surface area contributed by atoms with Crippen molar-refractivity contribution >= 4 is 22.5 Å². The first-order valence-corrected chi connectivity index (χ1v) is 16.9. The molecule has 3 heterocycles. The zero-order chi connectivity index (χ0) is 35.2. The Balaban J connectivity index is 1.20. The molecule has 5 aromatic rings. The molecule has 0 spiro atoms. The molecule has 0 unspecified atom stereocenters. The Hall–Kier alpha value is -5.42. The van der Waals surface area contributed by atoms with Crippen LogP contribution in [0.3, 0.4) is 0 Å². The van der Waals surface area contributed by atoms with E-state index < -0.39 is 17.3 Å². The molecule has 1 aliphatic heterocycles. The van der Waals surface area contributed by atoms with Crippen LogP contribution in [0.4, 0.5) is 10.1 Å². The number of hydrogen-bond donors (Lipinski definition) is 1. The van der Waals surface area contributed by atoms with Crippen LogP contribution < -0.4 is 29.8 Å². The molecule has 1 amide bonds. The lowest BCUT2D eigenvalue weighted by molar-refractivity contribution is 0.102. The fraction of sp³-hybridized carbons (Fsp3) is 0.308. The predicted octanol–water partition coefficient (Wildman–Crippen LogP) is 7.32. The normalized spacial score (nSPS) is 12.1. The zero-order valence-corrected chi connectivity index (χ0v) is 28.8. The van der Waals surface area contributed by atoms with E-state index in [0.717, 1.165) is 49.7 Å². The molecule has 0 fully saturated rings. The molecular weight excluding hydrogens is 639 g/mol. The van der Waals surface area contributed by atoms with Gasteiger partial charge in [0.1, 0.15) is 23.7 Å². The number of pyridine rings is 2. The maximum atomic E-state index is 15.5. The van der Waals surface area contributed by atoms with Gasteiger partial charge in [0, 0.05) is 59.8 Å². The van der Waals surface area contributed by atoms with Crippen molar-refractivity contribution in [2.24, 2.45) is 0 Å². The van der Waals surface area contributed by atoms with Crippen LogP contribution in [0.15, 0.2) is 77.9 Å². The monoisotopic (exact) mass is 680 g/mol. The van der Waals surface area contributed by atoms with Crippen LogP contribution in [0.25, 0.3) is 16.6 Å². The number of nitrogens with zero attached hydrogens (tertiary/aromatic N) is 3. The SMILES string of the molecule is CCCN(CCC)CCOc1cc2nccc(Oc3ccc(NC(=O)c4c5c(cn(-c6ccc(C)cc6)c4=O)CCO5)cc3F)c2cc1OC. The summed E-state index contributed by atoms with van der Waals surface area (Å²) < 4.78 is 40.4. The number of hydrogen-bond acceptors (Lipinski definition) is 8. The van der Waals surface area contributed by atoms with Crippen molar-refractivity contribution in [1.29, 1.82) is 0 Å². The van der Waals surface area contributed by atoms with Crippen molar-refractivity contribution in [2.75, 3.05) is 45.3 Å². The largest absolute Gasteiger partial charge is 0.493 e. The van der Waals surface area contributed by atoms with Crippen LogP contribution in [-0.4, -0.2) is 60.3 Å². The van der Waals surface area contributed by atoms with Gasteiger partial charge in [-0.25, -0.2) is 4.39 Å². The summed E-state index contributed by atoms with van der Waals surface area (Å²) in [6, 6.07) is 16.7. The highest BCUT2D eigenvalue weighted by Gasteiger charge is 2.27. The standard InChI is InChI=1S/C39H41FN4O6/c1-5-16-43(17-6-2)18-20-48-35-23-31-29(22-34(35)47-4)32(13-15-41-31)50-33-12-9-27(21-30(33)40)42-38(45)36-37-26(14-19-49-37)24-44(39(36)46)28-10-7-25(3)8-11-28/h7-13,15,21-24H,5-6,14,16-20H2,1-4H3,(H,42,45). The molecule has 1 aliphatic rings. The van der Waals surface area contributed by atoms with Crippen LogP contribution in [-0.2, 0) is 6.42 Å². The van der Waals surface area contributed by atoms with E-state index in [1.54, 1.807) is 37.7 Å². The van der Waals surface area contributed by atoms with Crippen LogP contribution >= 0.6 is 0 Å². The Kier molecular flexibility index (Phi) is 10.6. The number of benzene rings is 3. The van der Waals surface area contributed by atoms with Crippen molar-refractivity contribution in [3.05, 3.63) is 106 Å². The third-order valence-electron chi connectivity index (χ3n) is 8.53. The maximum Gasteiger partial charge on any atom is 0.271 e. The first kappa shape index (κ1) is 34.4. The van der Waals surface area contributed by atoms with E-state index in [-0.39, 0.29) is 22.7 Å². The maximum absolute atomic E-state index is 15.5. The summed E-state index contributed by atoms with van der Waals surface area (Å²) in [5.41, 5.74) is 2.49. The van der Waals surface area contributed by atoms with Gasteiger partial charge in [0.2, 0.25) is 0 Å². The third kappa shape index (κ3) is 7.42. The van der Waals surface area contributed by atoms with Crippen molar-refractivity contribution < 1.29 is 28.1 Å². The minimum atomic E-state index is -0.713. The molecule has 0 atom stereocenters. The van der Waals surface area contributed by atoms with E-state index >= 15 is 4.39 Å². The second-order valence-corrected chi connectivity index (χ2v) is 12.2. The number of halogens is 1. The lowest BCUT2D eigenvalue weighted by atomic mass is 10.1. The van der Waals surface area contributed by atoms with Crippen LogP contribution in [0.1, 0.15) is 48.2 Å². The number of nitrogens with one attached hydrogen (secondary N) is 1. The number of aryl methyl sites for hydroxylation is 1. The van der Waals surface area contributed by atoms with Gasteiger partial charge in [0.15, 0.2) is 23.1 Å². The summed E-state index contributed by atoms with van der Waals surface area (Å²) in [5, 5.41) is 3.27. The molecule has 0 saturated heterocycles. The minimum absolute atomic E-state index is 0.0626. The summed E-state index contributed by atoms with van der Waals surface area (Å²) in [5.74, 6) is 0.202. The highest BCUT2D eigenvalue weighted by Crippen LogP contribution is 2.38. The van der Waals surface area contributed by atoms with E-state index in [1.807, 2.05) is 31.2 Å². The number of aromatic nitrogens is 2. The summed E-state index contributed by atoms with van der Waals surface area (Å²) in [4.78, 5) is 33.9. The van der Waals surface area contributed by atoms with Gasteiger partial charge in [-0.3, -0.25) is 24.0 Å². The van der Waals surface area contributed by atoms with Crippen molar-refractivity contribution in [1.82, 2.24) is 14.5 Å². The minimum Gasteiger partial charge on any atom is -0.493 e. The van der Waals surface area contributed by atoms with Crippen LogP contribution in [0, 0.1) is 12.7 Å². The van der Waals surface area contributed by atoms with Gasteiger partial charge >= 0.3 is 0 Å². The fourth-order valence-electron chi connectivity index (χ4n) is 6.07. The summed E-state index contributed by atoms with van der Waals surface area (Å²) in [6.45, 7) is 9.95. The number of carbonyl (C=O) groups is 1. The number of methoxy groups -OCH3 is 1. The second kappa shape index (κ2) is 15.4. The lowest BCUT2D eigenvalue weighted by Crippen LogP contribution is -2.30. The van der Waals surface area contributed by atoms with Gasteiger partial charge in [0.05, 0.1) is 19.2 Å². The van der Waals surface area contributed by atoms with Gasteiger partial charge in [0.25, 0.3) is 11.5 Å². The van der Waals surface area contributed by atoms with Crippen molar-refractivity contribution in [3.63, 3.8) is 0 Å². The van der Waals surface area contributed by atoms with E-state index in [0.29, 0.717) is 53.5 Å². The molecule has 0 saturated carbocycles. The molecule has 3 aromatic carbocycles. The van der Waals surface area contributed by atoms with E-state index in [2.05, 4.69) is 29.0 Å². The fourth-order valence-corrected chi connectivity index (χ4v) is 6.07. The molecule has 0 aliphatic carbocycles. The van der Waals surface area contributed by atoms with Gasteiger partial charge in [-0.2, -0.15) is 0 Å². The first-order valence-electron chi connectivity index (χ1n) is 16.9. The molecule has 10 nitrogen and oxygen atoms in total. The number of anilines is 1. The van der Waals surface area contributed by atoms with Gasteiger partial charge in [-0.1, -0.05) is 31.5 Å². The Morgan fingerprint density at radius 2 is 1.76 bits per heavy atom. The molecule has 0 bridgehead atoms. The number of fused-ring (bicyclic) bond motifs is 2. The second-order valence-electron chi connectivity index (χ2n) is 12.2. The molecule has 6 rings (SSSR count). The highest BCUT2D eigenvalue weighted by atomic mass is 19.1. The van der Waals surface area contributed by atoms with Crippen LogP contribution in [0.2, 0.25) is 0 Å². The first-order chi connectivity index (χ1) is 24.3. The average molecular weight is 681 g/mol. The molecule has 2 aromatic heterocycles. The van der Waals surface area contributed by atoms with E-state index in [4.69, 9.17) is 18.9 Å². The number of rotatable bonds is 14. The molecule has 50 heavy (non-hydrogen) atoms. The highest BCUT2D eigenvalue weighted by molar-refractivity contribution is 6.06. The Bertz CT molecular complexity index is 2060. The lowest BCUT2D eigenvalue weighted by Gasteiger charge is -2.21. The Morgan fingerprint density at radius 3 is 2.48 bits per heavy atom. The Labute approximate surface area is 290 Å². The molecule has 0 radical (unpaired) electrons. The van der Waals surface area contributed by atoms with Crippen LogP contribution in [0.5, 0.6) is 28.7 Å². The van der Waals surface area contributed by atoms with Gasteiger partial charge in [-0.15, -0.1) is 0 Å². The topological polar surface area (TPSA) is 104 Å². The molecule has 260 valence electrons. The van der Waals surface area contributed by atoms with E-state index in [9.17, 15) is 9.59 Å². The van der Waals surface area contributed by atoms with Crippen molar-refractivity contribution in [3.8, 4) is 34.4 Å². The summed E-state index contributed by atoms with van der Waals surface area (Å²) >= 11 is 0. The quantitative estimate of drug-likeness (QED) is 0.130. The van der Waals surface area contributed by atoms with Crippen molar-refractivity contribution in [2.45, 2.75) is 40.0 Å². The smallest absolute Gasteiger partial charge is 0.271 e. The summed E-state index contributed by atoms with van der Waals surface area (Å²) in [6.07, 6.45) is 6.00. The number of amides is 1. The molecular formula is C39H41FN4O6.